The molecule has 1 aliphatic carbocycles. The molecule has 0 saturated heterocycles. The van der Waals surface area contributed by atoms with Crippen LogP contribution in [0.25, 0.3) is 0 Å². The number of hydrogen-bond acceptors (Lipinski definition) is 4. The van der Waals surface area contributed by atoms with Gasteiger partial charge in [0, 0.05) is 36.1 Å². The number of hydrogen-bond donors (Lipinski definition) is 2. The van der Waals surface area contributed by atoms with Crippen molar-refractivity contribution in [3.05, 3.63) is 24.5 Å². The summed E-state index contributed by atoms with van der Waals surface area (Å²) in [5, 5.41) is 5.03. The van der Waals surface area contributed by atoms with Gasteiger partial charge in [0.2, 0.25) is 5.91 Å². The van der Waals surface area contributed by atoms with Crippen LogP contribution >= 0.6 is 11.8 Å². The lowest BCUT2D eigenvalue weighted by atomic mass is 9.85. The molecule has 0 unspecified atom stereocenters. The Hall–Kier alpha value is -1.17. The summed E-state index contributed by atoms with van der Waals surface area (Å²) in [5.41, 5.74) is 0.809. The number of carbonyl (C=O) groups excluding carboxylic acids is 1. The number of amides is 1. The average Bonchev–Trinajstić information content (AvgIpc) is 2.49. The fourth-order valence-electron chi connectivity index (χ4n) is 2.88. The van der Waals surface area contributed by atoms with Crippen molar-refractivity contribution in [3.63, 3.8) is 0 Å². The minimum atomic E-state index is 0.0822. The topological polar surface area (TPSA) is 57.3 Å². The zero-order valence-electron chi connectivity index (χ0n) is 12.6. The molecular weight excluding hydrogens is 288 g/mol. The first kappa shape index (κ1) is 16.2. The van der Waals surface area contributed by atoms with Gasteiger partial charge in [0.25, 0.3) is 0 Å². The van der Waals surface area contributed by atoms with Gasteiger partial charge < -0.3 is 5.32 Å². The smallest absolute Gasteiger partial charge is 0.227 e. The first-order chi connectivity index (χ1) is 10.1. The zero-order valence-corrected chi connectivity index (χ0v) is 13.3. The van der Waals surface area contributed by atoms with E-state index in [0.717, 1.165) is 31.4 Å². The lowest BCUT2D eigenvalue weighted by Gasteiger charge is -2.37. The van der Waals surface area contributed by atoms with Gasteiger partial charge in [0.15, 0.2) is 0 Å². The number of halogens is 1. The number of nitrogens with zero attached hydrogens (tertiary/aromatic N) is 2. The summed E-state index contributed by atoms with van der Waals surface area (Å²) in [6.07, 6.45) is 7.10. The molecule has 1 heterocycles. The van der Waals surface area contributed by atoms with Gasteiger partial charge in [0.1, 0.15) is 0 Å². The molecule has 1 amide bonds. The molecule has 2 N–H and O–H groups in total. The SMILES string of the molecule is CC(C)N(NCl)C1CCC(C(=O)Nc2ccncc2)CC1. The van der Waals surface area contributed by atoms with E-state index in [4.69, 9.17) is 11.8 Å². The van der Waals surface area contributed by atoms with Crippen LogP contribution in [-0.2, 0) is 4.79 Å². The first-order valence-electron chi connectivity index (χ1n) is 7.47. The zero-order chi connectivity index (χ0) is 15.2. The second-order valence-corrected chi connectivity index (χ2v) is 5.99. The van der Waals surface area contributed by atoms with Crippen LogP contribution in [0.15, 0.2) is 24.5 Å². The summed E-state index contributed by atoms with van der Waals surface area (Å²) < 4.78 is 0. The minimum Gasteiger partial charge on any atom is -0.326 e. The number of aromatic nitrogens is 1. The molecule has 0 aliphatic heterocycles. The molecule has 0 atom stereocenters. The van der Waals surface area contributed by atoms with Crippen molar-refractivity contribution < 1.29 is 4.79 Å². The summed E-state index contributed by atoms with van der Waals surface area (Å²) in [6, 6.07) is 4.35. The highest BCUT2D eigenvalue weighted by Gasteiger charge is 2.30. The maximum atomic E-state index is 12.3. The Morgan fingerprint density at radius 1 is 1.29 bits per heavy atom. The Kier molecular flexibility index (Phi) is 5.96. The van der Waals surface area contributed by atoms with Gasteiger partial charge in [-0.25, -0.2) is 5.01 Å². The molecular formula is C15H23ClN4O. The van der Waals surface area contributed by atoms with E-state index >= 15 is 0 Å². The standard InChI is InChI=1S/C15H23ClN4O/c1-11(2)20(19-16)14-5-3-12(4-6-14)15(21)18-13-7-9-17-10-8-13/h7-12,14,19H,3-6H2,1-2H3,(H,17,18,21). The Morgan fingerprint density at radius 2 is 1.90 bits per heavy atom. The third-order valence-electron chi connectivity index (χ3n) is 4.06. The molecule has 1 aliphatic rings. The van der Waals surface area contributed by atoms with Gasteiger partial charge in [-0.1, -0.05) is 0 Å². The van der Waals surface area contributed by atoms with Gasteiger partial charge in [0.05, 0.1) is 0 Å². The quantitative estimate of drug-likeness (QED) is 0.648. The molecule has 1 aromatic heterocycles. The van der Waals surface area contributed by atoms with Crippen molar-refractivity contribution in [1.82, 2.24) is 14.9 Å². The van der Waals surface area contributed by atoms with E-state index in [1.54, 1.807) is 24.5 Å². The van der Waals surface area contributed by atoms with Gasteiger partial charge in [-0.05, 0) is 63.4 Å². The van der Waals surface area contributed by atoms with E-state index in [-0.39, 0.29) is 11.8 Å². The lowest BCUT2D eigenvalue weighted by molar-refractivity contribution is -0.121. The summed E-state index contributed by atoms with van der Waals surface area (Å²) >= 11 is 5.79. The number of rotatable bonds is 5. The van der Waals surface area contributed by atoms with Crippen LogP contribution in [0.3, 0.4) is 0 Å². The Balaban J connectivity index is 1.84. The number of anilines is 1. The highest BCUT2D eigenvalue weighted by molar-refractivity contribution is 6.13. The second kappa shape index (κ2) is 7.73. The monoisotopic (exact) mass is 310 g/mol. The molecule has 5 nitrogen and oxygen atoms in total. The molecule has 6 heteroatoms. The second-order valence-electron chi connectivity index (χ2n) is 5.82. The molecule has 1 aromatic rings. The van der Waals surface area contributed by atoms with Gasteiger partial charge in [-0.15, -0.1) is 0 Å². The van der Waals surface area contributed by atoms with E-state index in [2.05, 4.69) is 34.1 Å². The van der Waals surface area contributed by atoms with Gasteiger partial charge in [-0.2, -0.15) is 4.94 Å². The Bertz CT molecular complexity index is 446. The van der Waals surface area contributed by atoms with Crippen LogP contribution < -0.4 is 10.3 Å². The van der Waals surface area contributed by atoms with Crippen LogP contribution in [0.4, 0.5) is 5.69 Å². The van der Waals surface area contributed by atoms with Crippen LogP contribution in [-0.4, -0.2) is 28.0 Å². The Morgan fingerprint density at radius 3 is 2.43 bits per heavy atom. The molecule has 2 rings (SSSR count). The number of carbonyl (C=O) groups is 1. The molecule has 1 saturated carbocycles. The number of hydrazine groups is 1. The largest absolute Gasteiger partial charge is 0.326 e. The van der Waals surface area contributed by atoms with Gasteiger partial charge in [-0.3, -0.25) is 9.78 Å². The number of pyridine rings is 1. The summed E-state index contributed by atoms with van der Waals surface area (Å²) in [4.78, 5) is 19.0. The van der Waals surface area contributed by atoms with E-state index in [1.165, 1.54) is 0 Å². The van der Waals surface area contributed by atoms with Crippen molar-refractivity contribution in [2.45, 2.75) is 51.6 Å². The maximum Gasteiger partial charge on any atom is 0.227 e. The highest BCUT2D eigenvalue weighted by Crippen LogP contribution is 2.29. The van der Waals surface area contributed by atoms with E-state index < -0.39 is 0 Å². The Labute approximate surface area is 131 Å². The summed E-state index contributed by atoms with van der Waals surface area (Å²) in [6.45, 7) is 4.22. The van der Waals surface area contributed by atoms with Crippen LogP contribution in [0.5, 0.6) is 0 Å². The highest BCUT2D eigenvalue weighted by atomic mass is 35.5. The maximum absolute atomic E-state index is 12.3. The molecule has 21 heavy (non-hydrogen) atoms. The molecule has 0 radical (unpaired) electrons. The molecule has 0 bridgehead atoms. The van der Waals surface area contributed by atoms with Crippen molar-refractivity contribution in [1.29, 1.82) is 0 Å². The fraction of sp³-hybridized carbons (Fsp3) is 0.600. The van der Waals surface area contributed by atoms with E-state index in [0.29, 0.717) is 12.1 Å². The van der Waals surface area contributed by atoms with E-state index in [9.17, 15) is 4.79 Å². The average molecular weight is 311 g/mol. The van der Waals surface area contributed by atoms with Crippen LogP contribution in [0.1, 0.15) is 39.5 Å². The van der Waals surface area contributed by atoms with Crippen molar-refractivity contribution in [2.75, 3.05) is 5.32 Å². The number of nitrogens with one attached hydrogen (secondary N) is 2. The van der Waals surface area contributed by atoms with Crippen LogP contribution in [0.2, 0.25) is 0 Å². The third-order valence-corrected chi connectivity index (χ3v) is 4.26. The third kappa shape index (κ3) is 4.40. The van der Waals surface area contributed by atoms with Crippen molar-refractivity contribution in [2.24, 2.45) is 5.92 Å². The van der Waals surface area contributed by atoms with Gasteiger partial charge >= 0.3 is 0 Å². The fourth-order valence-corrected chi connectivity index (χ4v) is 3.22. The lowest BCUT2D eigenvalue weighted by Crippen LogP contribution is -2.48. The first-order valence-corrected chi connectivity index (χ1v) is 7.85. The predicted molar refractivity (Wildman–Crippen MR) is 84.6 cm³/mol. The normalized spacial score (nSPS) is 22.5. The molecule has 116 valence electrons. The molecule has 0 spiro atoms. The van der Waals surface area contributed by atoms with E-state index in [1.807, 2.05) is 0 Å². The predicted octanol–water partition coefficient (Wildman–Crippen LogP) is 2.95. The van der Waals surface area contributed by atoms with Crippen LogP contribution in [0, 0.1) is 5.92 Å². The van der Waals surface area contributed by atoms with Crippen molar-refractivity contribution >= 4 is 23.4 Å². The summed E-state index contributed by atoms with van der Waals surface area (Å²) in [5.74, 6) is 0.188. The van der Waals surface area contributed by atoms with Crippen molar-refractivity contribution in [3.8, 4) is 0 Å². The minimum absolute atomic E-state index is 0.0822. The summed E-state index contributed by atoms with van der Waals surface area (Å²) in [7, 11) is 0. The molecule has 1 fully saturated rings. The molecule has 0 aromatic carbocycles.